The van der Waals surface area contributed by atoms with E-state index in [1.165, 1.54) is 35.2 Å². The van der Waals surface area contributed by atoms with Crippen molar-refractivity contribution in [2.75, 3.05) is 18.0 Å². The van der Waals surface area contributed by atoms with Crippen LogP contribution in [0, 0.1) is 0 Å². The third-order valence-electron chi connectivity index (χ3n) is 5.79. The molecule has 1 aliphatic heterocycles. The van der Waals surface area contributed by atoms with Crippen LogP contribution in [0.15, 0.2) is 53.3 Å². The van der Waals surface area contributed by atoms with Gasteiger partial charge < -0.3 is 20.2 Å². The summed E-state index contributed by atoms with van der Waals surface area (Å²) in [5.74, 6) is -0.648. The number of pyridine rings is 1. The van der Waals surface area contributed by atoms with E-state index in [0.29, 0.717) is 11.1 Å². The van der Waals surface area contributed by atoms with Gasteiger partial charge in [-0.05, 0) is 43.5 Å². The minimum atomic E-state index is -4.59. The van der Waals surface area contributed by atoms with Gasteiger partial charge in [0.2, 0.25) is 0 Å². The van der Waals surface area contributed by atoms with Crippen LogP contribution in [-0.2, 0) is 20.4 Å². The van der Waals surface area contributed by atoms with Gasteiger partial charge in [-0.2, -0.15) is 13.2 Å². The average molecular weight is 489 g/mol. The molecule has 1 aromatic heterocycles. The Kier molecular flexibility index (Phi) is 6.05. The van der Waals surface area contributed by atoms with E-state index in [4.69, 9.17) is 15.2 Å². The molecule has 2 aromatic carbocycles. The van der Waals surface area contributed by atoms with Crippen LogP contribution in [0.2, 0.25) is 0 Å². The number of cyclic esters (lactones) is 1. The number of fused-ring (bicyclic) bond motifs is 1. The van der Waals surface area contributed by atoms with Crippen LogP contribution in [-0.4, -0.2) is 41.8 Å². The smallest absolute Gasteiger partial charge is 0.417 e. The third kappa shape index (κ3) is 4.72. The van der Waals surface area contributed by atoms with Gasteiger partial charge in [-0.25, -0.2) is 4.79 Å². The number of hydrogen-bond acceptors (Lipinski definition) is 6. The van der Waals surface area contributed by atoms with Crippen molar-refractivity contribution in [1.29, 1.82) is 0 Å². The zero-order valence-electron chi connectivity index (χ0n) is 18.8. The van der Waals surface area contributed by atoms with Gasteiger partial charge in [0.1, 0.15) is 5.60 Å². The van der Waals surface area contributed by atoms with E-state index < -0.39 is 41.1 Å². The Bertz CT molecular complexity index is 1370. The number of esters is 1. The van der Waals surface area contributed by atoms with E-state index in [1.807, 2.05) is 0 Å². The van der Waals surface area contributed by atoms with Gasteiger partial charge in [-0.15, -0.1) is 0 Å². The van der Waals surface area contributed by atoms with Gasteiger partial charge in [0.25, 0.3) is 5.56 Å². The second kappa shape index (κ2) is 8.73. The number of nitrogens with one attached hydrogen (secondary N) is 1. The number of ether oxygens (including phenoxy) is 2. The molecule has 0 radical (unpaired) electrons. The van der Waals surface area contributed by atoms with Crippen LogP contribution in [0.3, 0.4) is 0 Å². The third-order valence-corrected chi connectivity index (χ3v) is 5.79. The van der Waals surface area contributed by atoms with Crippen molar-refractivity contribution in [2.24, 2.45) is 5.73 Å². The Balaban J connectivity index is 1.67. The number of aromatic nitrogens is 1. The number of H-pyrrole nitrogens is 1. The fourth-order valence-electron chi connectivity index (χ4n) is 3.96. The van der Waals surface area contributed by atoms with Crippen LogP contribution in [0.5, 0.6) is 0 Å². The molecular formula is C24H22F3N3O5. The number of carbonyl (C=O) groups excluding carboxylic acids is 2. The summed E-state index contributed by atoms with van der Waals surface area (Å²) in [5, 5.41) is 0.576. The van der Waals surface area contributed by atoms with E-state index in [-0.39, 0.29) is 29.7 Å². The average Bonchev–Trinajstić information content (AvgIpc) is 3.20. The first kappa shape index (κ1) is 24.3. The molecule has 2 heterocycles. The topological polar surface area (TPSA) is 115 Å². The number of alkyl halides is 3. The zero-order valence-corrected chi connectivity index (χ0v) is 18.8. The molecule has 0 saturated carbocycles. The Labute approximate surface area is 197 Å². The van der Waals surface area contributed by atoms with Crippen LogP contribution < -0.4 is 16.2 Å². The van der Waals surface area contributed by atoms with Gasteiger partial charge in [0, 0.05) is 22.3 Å². The summed E-state index contributed by atoms with van der Waals surface area (Å²) in [6.07, 6.45) is -6.08. The highest BCUT2D eigenvalue weighted by molar-refractivity contribution is 5.95. The van der Waals surface area contributed by atoms with Gasteiger partial charge >= 0.3 is 18.2 Å². The maximum Gasteiger partial charge on any atom is 0.417 e. The monoisotopic (exact) mass is 489 g/mol. The molecule has 1 amide bonds. The Morgan fingerprint density at radius 2 is 1.89 bits per heavy atom. The van der Waals surface area contributed by atoms with E-state index in [9.17, 15) is 27.6 Å². The molecule has 0 spiro atoms. The highest BCUT2D eigenvalue weighted by Crippen LogP contribution is 2.37. The molecule has 3 N–H and O–H groups in total. The molecule has 1 unspecified atom stereocenters. The Hall–Kier alpha value is -3.86. The molecule has 1 atom stereocenters. The molecule has 8 nitrogen and oxygen atoms in total. The predicted octanol–water partition coefficient (Wildman–Crippen LogP) is 3.82. The molecule has 3 aromatic rings. The summed E-state index contributed by atoms with van der Waals surface area (Å²) >= 11 is 0. The molecule has 11 heteroatoms. The molecular weight excluding hydrogens is 467 g/mol. The summed E-state index contributed by atoms with van der Waals surface area (Å²) in [4.78, 5) is 40.7. The lowest BCUT2D eigenvalue weighted by Gasteiger charge is -2.29. The number of nitrogens with zero attached hydrogens (tertiary/aromatic N) is 1. The first-order valence-corrected chi connectivity index (χ1v) is 10.6. The lowest BCUT2D eigenvalue weighted by molar-refractivity contribution is -0.163. The van der Waals surface area contributed by atoms with Crippen LogP contribution in [0.1, 0.15) is 19.4 Å². The number of benzene rings is 2. The van der Waals surface area contributed by atoms with Crippen molar-refractivity contribution >= 4 is 28.5 Å². The molecule has 0 aliphatic carbocycles. The molecule has 1 saturated heterocycles. The Morgan fingerprint density at radius 3 is 2.57 bits per heavy atom. The van der Waals surface area contributed by atoms with Crippen molar-refractivity contribution in [3.8, 4) is 11.3 Å². The number of hydrogen-bond donors (Lipinski definition) is 2. The number of aromatic amines is 1. The number of anilines is 1. The fraction of sp³-hybridized carbons (Fsp3) is 0.292. The predicted molar refractivity (Wildman–Crippen MR) is 122 cm³/mol. The molecule has 4 rings (SSSR count). The van der Waals surface area contributed by atoms with E-state index in [0.717, 1.165) is 6.07 Å². The zero-order chi connectivity index (χ0) is 25.5. The lowest BCUT2D eigenvalue weighted by atomic mass is 10.0. The number of amides is 1. The number of nitrogens with two attached hydrogens (primary N) is 1. The van der Waals surface area contributed by atoms with Gasteiger partial charge in [0.15, 0.2) is 6.10 Å². The van der Waals surface area contributed by atoms with Crippen molar-refractivity contribution in [2.45, 2.75) is 31.7 Å². The minimum Gasteiger partial charge on any atom is -0.455 e. The van der Waals surface area contributed by atoms with Crippen molar-refractivity contribution < 1.29 is 32.2 Å². The largest absolute Gasteiger partial charge is 0.455 e. The minimum absolute atomic E-state index is 0.0206. The number of halogens is 3. The highest BCUT2D eigenvalue weighted by Gasteiger charge is 2.44. The van der Waals surface area contributed by atoms with Crippen molar-refractivity contribution in [1.82, 2.24) is 4.98 Å². The van der Waals surface area contributed by atoms with E-state index in [2.05, 4.69) is 4.98 Å². The van der Waals surface area contributed by atoms with Crippen molar-refractivity contribution in [3.05, 3.63) is 64.4 Å². The second-order valence-corrected chi connectivity index (χ2v) is 8.59. The number of carbonyl (C=O) groups is 2. The normalized spacial score (nSPS) is 16.5. The summed E-state index contributed by atoms with van der Waals surface area (Å²) in [7, 11) is 0. The van der Waals surface area contributed by atoms with Crippen LogP contribution >= 0.6 is 0 Å². The SMILES string of the molecule is CC(C)(OC(=O)CN)C1CN(c2ccc3cc(-c4ccccc4C(F)(F)F)[nH]c(=O)c3c2)C(=O)O1. The van der Waals surface area contributed by atoms with Crippen molar-refractivity contribution in [3.63, 3.8) is 0 Å². The molecule has 0 bridgehead atoms. The second-order valence-electron chi connectivity index (χ2n) is 8.59. The van der Waals surface area contributed by atoms with E-state index in [1.54, 1.807) is 26.0 Å². The fourth-order valence-corrected chi connectivity index (χ4v) is 3.96. The molecule has 184 valence electrons. The van der Waals surface area contributed by atoms with Crippen LogP contribution in [0.25, 0.3) is 22.0 Å². The summed E-state index contributed by atoms with van der Waals surface area (Å²) < 4.78 is 51.0. The van der Waals surface area contributed by atoms with Crippen LogP contribution in [0.4, 0.5) is 23.7 Å². The summed E-state index contributed by atoms with van der Waals surface area (Å²) in [5.41, 5.74) is 2.88. The quantitative estimate of drug-likeness (QED) is 0.527. The maximum atomic E-state index is 13.4. The summed E-state index contributed by atoms with van der Waals surface area (Å²) in [6, 6.07) is 11.0. The standard InChI is InChI=1S/C24H22F3N3O5/c1-23(2,35-20(31)11-28)19-12-30(22(33)34-19)14-8-7-13-9-18(29-21(32)16(13)10-14)15-5-3-4-6-17(15)24(25,26)27/h3-10,19H,11-12,28H2,1-2H3,(H,29,32). The maximum absolute atomic E-state index is 13.4. The van der Waals surface area contributed by atoms with Gasteiger partial charge in [-0.3, -0.25) is 14.5 Å². The first-order chi connectivity index (χ1) is 16.4. The van der Waals surface area contributed by atoms with E-state index >= 15 is 0 Å². The lowest BCUT2D eigenvalue weighted by Crippen LogP contribution is -2.44. The number of rotatable bonds is 5. The van der Waals surface area contributed by atoms with Gasteiger partial charge in [0.05, 0.1) is 18.7 Å². The van der Waals surface area contributed by atoms with Gasteiger partial charge in [-0.1, -0.05) is 24.3 Å². The molecule has 1 fully saturated rings. The molecule has 1 aliphatic rings. The summed E-state index contributed by atoms with van der Waals surface area (Å²) in [6.45, 7) is 2.90. The first-order valence-electron chi connectivity index (χ1n) is 10.6. The molecule has 35 heavy (non-hydrogen) atoms. The Morgan fingerprint density at radius 1 is 1.17 bits per heavy atom. The highest BCUT2D eigenvalue weighted by atomic mass is 19.4.